The van der Waals surface area contributed by atoms with Crippen LogP contribution in [0.15, 0.2) is 45.5 Å². The van der Waals surface area contributed by atoms with Gasteiger partial charge >= 0.3 is 0 Å². The predicted molar refractivity (Wildman–Crippen MR) is 118 cm³/mol. The van der Waals surface area contributed by atoms with Crippen molar-refractivity contribution in [3.05, 3.63) is 62.6 Å². The summed E-state index contributed by atoms with van der Waals surface area (Å²) in [7, 11) is 0. The molecule has 0 saturated heterocycles. The number of aromatic nitrogens is 2. The van der Waals surface area contributed by atoms with E-state index in [0.29, 0.717) is 34.1 Å². The second-order valence-corrected chi connectivity index (χ2v) is 9.91. The SMILES string of the molecule is CC(C)Sc1nc2c(c(=O)[nH]1)C(c1ccc(C(C)C)cc1)C1=C(CCCC1=O)N2. The van der Waals surface area contributed by atoms with Gasteiger partial charge in [-0.3, -0.25) is 9.59 Å². The molecule has 29 heavy (non-hydrogen) atoms. The first-order valence-electron chi connectivity index (χ1n) is 10.3. The molecule has 1 unspecified atom stereocenters. The molecule has 0 bridgehead atoms. The Labute approximate surface area is 175 Å². The van der Waals surface area contributed by atoms with Crippen molar-refractivity contribution in [1.29, 1.82) is 0 Å². The minimum Gasteiger partial charge on any atom is -0.343 e. The van der Waals surface area contributed by atoms with Crippen LogP contribution in [0.1, 0.15) is 75.5 Å². The van der Waals surface area contributed by atoms with Crippen molar-refractivity contribution in [2.45, 2.75) is 69.2 Å². The van der Waals surface area contributed by atoms with E-state index in [-0.39, 0.29) is 17.3 Å². The molecular formula is C23H27N3O2S. The minimum atomic E-state index is -0.371. The van der Waals surface area contributed by atoms with E-state index in [9.17, 15) is 9.59 Å². The number of hydrogen-bond donors (Lipinski definition) is 2. The molecule has 6 heteroatoms. The van der Waals surface area contributed by atoms with E-state index in [4.69, 9.17) is 4.98 Å². The maximum Gasteiger partial charge on any atom is 0.257 e. The normalized spacial score (nSPS) is 18.7. The Morgan fingerprint density at radius 3 is 2.45 bits per heavy atom. The van der Waals surface area contributed by atoms with E-state index in [2.05, 4.69) is 62.3 Å². The van der Waals surface area contributed by atoms with Crippen LogP contribution < -0.4 is 10.9 Å². The third-order valence-corrected chi connectivity index (χ3v) is 6.41. The van der Waals surface area contributed by atoms with Gasteiger partial charge in [-0.1, -0.05) is 63.7 Å². The van der Waals surface area contributed by atoms with Crippen LogP contribution in [0.3, 0.4) is 0 Å². The molecule has 152 valence electrons. The fourth-order valence-corrected chi connectivity index (χ4v) is 4.87. The molecule has 0 amide bonds. The van der Waals surface area contributed by atoms with E-state index in [1.54, 1.807) is 0 Å². The molecule has 1 aliphatic carbocycles. The highest BCUT2D eigenvalue weighted by molar-refractivity contribution is 7.99. The van der Waals surface area contributed by atoms with Crippen LogP contribution in [-0.4, -0.2) is 21.0 Å². The van der Waals surface area contributed by atoms with E-state index in [0.717, 1.165) is 29.7 Å². The topological polar surface area (TPSA) is 74.8 Å². The Morgan fingerprint density at radius 1 is 1.07 bits per heavy atom. The molecule has 2 aromatic rings. The van der Waals surface area contributed by atoms with E-state index in [1.165, 1.54) is 17.3 Å². The zero-order valence-corrected chi connectivity index (χ0v) is 18.2. The summed E-state index contributed by atoms with van der Waals surface area (Å²) < 4.78 is 0. The van der Waals surface area contributed by atoms with Crippen molar-refractivity contribution in [1.82, 2.24) is 9.97 Å². The number of rotatable bonds is 4. The van der Waals surface area contributed by atoms with Crippen LogP contribution in [0.25, 0.3) is 0 Å². The zero-order valence-electron chi connectivity index (χ0n) is 17.3. The maximum atomic E-state index is 13.1. The molecule has 2 aliphatic rings. The third kappa shape index (κ3) is 3.78. The number of allylic oxidation sites excluding steroid dienone is 2. The Balaban J connectivity index is 1.88. The Kier molecular flexibility index (Phi) is 5.38. The first-order chi connectivity index (χ1) is 13.8. The van der Waals surface area contributed by atoms with Crippen LogP contribution in [0, 0.1) is 0 Å². The fourth-order valence-electron chi connectivity index (χ4n) is 4.13. The number of anilines is 1. The average Bonchev–Trinajstić information content (AvgIpc) is 2.66. The third-order valence-electron chi connectivity index (χ3n) is 5.52. The van der Waals surface area contributed by atoms with Gasteiger partial charge in [0, 0.05) is 28.9 Å². The van der Waals surface area contributed by atoms with Crippen LogP contribution in [0.5, 0.6) is 0 Å². The van der Waals surface area contributed by atoms with Crippen molar-refractivity contribution >= 4 is 23.4 Å². The van der Waals surface area contributed by atoms with Gasteiger partial charge in [0.15, 0.2) is 10.9 Å². The molecule has 1 aromatic carbocycles. The van der Waals surface area contributed by atoms with Gasteiger partial charge in [0.2, 0.25) is 0 Å². The lowest BCUT2D eigenvalue weighted by molar-refractivity contribution is -0.116. The number of H-pyrrole nitrogens is 1. The predicted octanol–water partition coefficient (Wildman–Crippen LogP) is 4.96. The molecule has 2 N–H and O–H groups in total. The summed E-state index contributed by atoms with van der Waals surface area (Å²) >= 11 is 1.53. The summed E-state index contributed by atoms with van der Waals surface area (Å²) in [6.07, 6.45) is 2.17. The fraction of sp³-hybridized carbons (Fsp3) is 0.435. The molecule has 1 atom stereocenters. The zero-order chi connectivity index (χ0) is 20.7. The number of carbonyl (C=O) groups is 1. The largest absolute Gasteiger partial charge is 0.343 e. The standard InChI is InChI=1S/C23H27N3O2S/c1-12(2)14-8-10-15(11-9-14)18-19-16(6-5-7-17(19)27)24-21-20(18)22(28)26-23(25-21)29-13(3)4/h8-13,18H,5-7H2,1-4H3,(H2,24,25,26,28). The van der Waals surface area contributed by atoms with Crippen LogP contribution in [-0.2, 0) is 4.79 Å². The number of nitrogens with one attached hydrogen (secondary N) is 2. The number of aromatic amines is 1. The van der Waals surface area contributed by atoms with Crippen LogP contribution in [0.2, 0.25) is 0 Å². The lowest BCUT2D eigenvalue weighted by Crippen LogP contribution is -2.32. The highest BCUT2D eigenvalue weighted by atomic mass is 32.2. The van der Waals surface area contributed by atoms with Crippen molar-refractivity contribution in [2.75, 3.05) is 5.32 Å². The molecule has 5 nitrogen and oxygen atoms in total. The summed E-state index contributed by atoms with van der Waals surface area (Å²) in [6.45, 7) is 8.44. The quantitative estimate of drug-likeness (QED) is 0.551. The highest BCUT2D eigenvalue weighted by Crippen LogP contribution is 2.43. The first kappa shape index (κ1) is 20.0. The Morgan fingerprint density at radius 2 is 1.79 bits per heavy atom. The van der Waals surface area contributed by atoms with E-state index in [1.807, 2.05) is 0 Å². The van der Waals surface area contributed by atoms with Gasteiger partial charge in [-0.15, -0.1) is 0 Å². The maximum absolute atomic E-state index is 13.1. The molecular weight excluding hydrogens is 382 g/mol. The minimum absolute atomic E-state index is 0.127. The molecule has 0 fully saturated rings. The highest BCUT2D eigenvalue weighted by Gasteiger charge is 2.37. The second-order valence-electron chi connectivity index (χ2n) is 8.35. The molecule has 0 radical (unpaired) electrons. The Hall–Kier alpha value is -2.34. The molecule has 2 heterocycles. The lowest BCUT2D eigenvalue weighted by atomic mass is 9.76. The number of hydrogen-bond acceptors (Lipinski definition) is 5. The monoisotopic (exact) mass is 409 g/mol. The van der Waals surface area contributed by atoms with Gasteiger partial charge in [-0.25, -0.2) is 4.98 Å². The summed E-state index contributed by atoms with van der Waals surface area (Å²) in [5.74, 6) is 0.770. The lowest BCUT2D eigenvalue weighted by Gasteiger charge is -2.33. The van der Waals surface area contributed by atoms with Crippen LogP contribution >= 0.6 is 11.8 Å². The summed E-state index contributed by atoms with van der Waals surface area (Å²) in [5.41, 5.74) is 4.24. The van der Waals surface area contributed by atoms with Crippen molar-refractivity contribution in [3.8, 4) is 0 Å². The number of benzene rings is 1. The van der Waals surface area contributed by atoms with Crippen LogP contribution in [0.4, 0.5) is 5.82 Å². The molecule has 4 rings (SSSR count). The van der Waals surface area contributed by atoms with Gasteiger partial charge in [-0.2, -0.15) is 0 Å². The number of ketones is 1. The van der Waals surface area contributed by atoms with E-state index >= 15 is 0 Å². The Bertz CT molecular complexity index is 1040. The van der Waals surface area contributed by atoms with E-state index < -0.39 is 0 Å². The van der Waals surface area contributed by atoms with Gasteiger partial charge in [0.1, 0.15) is 5.82 Å². The molecule has 0 spiro atoms. The molecule has 1 aromatic heterocycles. The first-order valence-corrected chi connectivity index (χ1v) is 11.2. The van der Waals surface area contributed by atoms with Gasteiger partial charge in [-0.05, 0) is 29.9 Å². The molecule has 0 saturated carbocycles. The van der Waals surface area contributed by atoms with Gasteiger partial charge in [0.05, 0.1) is 5.56 Å². The summed E-state index contributed by atoms with van der Waals surface area (Å²) in [4.78, 5) is 33.6. The van der Waals surface area contributed by atoms with Crippen molar-refractivity contribution in [2.24, 2.45) is 0 Å². The number of Topliss-reactive ketones (excluding diaryl/α,β-unsaturated/α-hetero) is 1. The summed E-state index contributed by atoms with van der Waals surface area (Å²) in [5, 5.41) is 4.25. The number of carbonyl (C=O) groups excluding carboxylic acids is 1. The van der Waals surface area contributed by atoms with Gasteiger partial charge in [0.25, 0.3) is 5.56 Å². The summed E-state index contributed by atoms with van der Waals surface area (Å²) in [6, 6.07) is 8.30. The smallest absolute Gasteiger partial charge is 0.257 e. The number of nitrogens with zero attached hydrogens (tertiary/aromatic N) is 1. The number of thioether (sulfide) groups is 1. The second kappa shape index (κ2) is 7.82. The average molecular weight is 410 g/mol. The molecule has 1 aliphatic heterocycles. The number of fused-ring (bicyclic) bond motifs is 1. The van der Waals surface area contributed by atoms with Crippen molar-refractivity contribution in [3.63, 3.8) is 0 Å². The van der Waals surface area contributed by atoms with Crippen molar-refractivity contribution < 1.29 is 4.79 Å². The van der Waals surface area contributed by atoms with Gasteiger partial charge < -0.3 is 10.3 Å².